The van der Waals surface area contributed by atoms with Gasteiger partial charge in [-0.2, -0.15) is 5.10 Å². The zero-order valence-electron chi connectivity index (χ0n) is 13.7. The normalized spacial score (nSPS) is 11.2. The maximum atomic E-state index is 4.32. The van der Waals surface area contributed by atoms with Crippen LogP contribution in [-0.4, -0.2) is 15.8 Å². The number of hydrogen-bond donors (Lipinski definition) is 1. The summed E-state index contributed by atoms with van der Waals surface area (Å²) in [5, 5.41) is 5.54. The predicted octanol–water partition coefficient (Wildman–Crippen LogP) is 4.53. The topological polar surface area (TPSA) is 42.2 Å². The largest absolute Gasteiger partial charge is 0.343 e. The number of hydrazone groups is 1. The van der Waals surface area contributed by atoms with Gasteiger partial charge in [0, 0.05) is 30.7 Å². The number of benzene rings is 2. The minimum atomic E-state index is 0.806. The molecule has 2 aromatic heterocycles. The zero-order valence-corrected chi connectivity index (χ0v) is 13.7. The number of fused-ring (bicyclic) bond motifs is 1. The van der Waals surface area contributed by atoms with Gasteiger partial charge in [-0.3, -0.25) is 10.4 Å². The van der Waals surface area contributed by atoms with Crippen molar-refractivity contribution in [2.45, 2.75) is 6.54 Å². The van der Waals surface area contributed by atoms with Gasteiger partial charge in [-0.15, -0.1) is 0 Å². The molecule has 0 amide bonds. The van der Waals surface area contributed by atoms with Crippen molar-refractivity contribution in [2.75, 3.05) is 5.43 Å². The number of nitrogens with one attached hydrogen (secondary N) is 1. The lowest BCUT2D eigenvalue weighted by Gasteiger charge is -2.06. The second-order valence-corrected chi connectivity index (χ2v) is 5.86. The summed E-state index contributed by atoms with van der Waals surface area (Å²) in [6, 6.07) is 22.5. The fourth-order valence-corrected chi connectivity index (χ4v) is 2.80. The van der Waals surface area contributed by atoms with Gasteiger partial charge in [0.1, 0.15) is 0 Å². The van der Waals surface area contributed by atoms with Crippen LogP contribution in [0, 0.1) is 0 Å². The van der Waals surface area contributed by atoms with E-state index in [-0.39, 0.29) is 0 Å². The Hall–Kier alpha value is -3.40. The predicted molar refractivity (Wildman–Crippen MR) is 103 cm³/mol. The Morgan fingerprint density at radius 3 is 2.76 bits per heavy atom. The number of anilines is 1. The minimum Gasteiger partial charge on any atom is -0.343 e. The summed E-state index contributed by atoms with van der Waals surface area (Å²) in [6.07, 6.45) is 7.65. The van der Waals surface area contributed by atoms with Gasteiger partial charge in [0.15, 0.2) is 0 Å². The summed E-state index contributed by atoms with van der Waals surface area (Å²) in [5.41, 5.74) is 7.45. The first kappa shape index (κ1) is 15.1. The van der Waals surface area contributed by atoms with Gasteiger partial charge in [0.25, 0.3) is 0 Å². The number of nitrogens with zero attached hydrogens (tertiary/aromatic N) is 3. The monoisotopic (exact) mass is 326 g/mol. The SMILES string of the molecule is C(=NNc1ccccc1)c1ccc2ccn(Cc3cccnc3)c2c1. The molecule has 0 aliphatic heterocycles. The van der Waals surface area contributed by atoms with Crippen molar-refractivity contribution >= 4 is 22.8 Å². The molecule has 0 aliphatic rings. The first-order valence-electron chi connectivity index (χ1n) is 8.20. The van der Waals surface area contributed by atoms with E-state index in [1.165, 1.54) is 16.5 Å². The molecule has 0 atom stereocenters. The lowest BCUT2D eigenvalue weighted by Crippen LogP contribution is -1.98. The number of aromatic nitrogens is 2. The summed E-state index contributed by atoms with van der Waals surface area (Å²) >= 11 is 0. The Morgan fingerprint density at radius 2 is 1.92 bits per heavy atom. The van der Waals surface area contributed by atoms with Gasteiger partial charge in [-0.1, -0.05) is 36.4 Å². The molecule has 25 heavy (non-hydrogen) atoms. The lowest BCUT2D eigenvalue weighted by molar-refractivity contribution is 0.831. The molecule has 0 bridgehead atoms. The van der Waals surface area contributed by atoms with Crippen molar-refractivity contribution in [3.63, 3.8) is 0 Å². The van der Waals surface area contributed by atoms with E-state index >= 15 is 0 Å². The molecule has 2 heterocycles. The molecule has 4 aromatic rings. The summed E-state index contributed by atoms with van der Waals surface area (Å²) in [5.74, 6) is 0. The molecular weight excluding hydrogens is 308 g/mol. The van der Waals surface area contributed by atoms with E-state index in [9.17, 15) is 0 Å². The fourth-order valence-electron chi connectivity index (χ4n) is 2.80. The highest BCUT2D eigenvalue weighted by Gasteiger charge is 2.03. The van der Waals surface area contributed by atoms with Crippen molar-refractivity contribution in [3.05, 3.63) is 96.4 Å². The highest BCUT2D eigenvalue weighted by molar-refractivity contribution is 5.89. The third-order valence-corrected chi connectivity index (χ3v) is 4.05. The Balaban J connectivity index is 1.56. The Kier molecular flexibility index (Phi) is 4.25. The second-order valence-electron chi connectivity index (χ2n) is 5.86. The van der Waals surface area contributed by atoms with Crippen LogP contribution >= 0.6 is 0 Å². The van der Waals surface area contributed by atoms with E-state index in [1.54, 1.807) is 6.20 Å². The van der Waals surface area contributed by atoms with E-state index < -0.39 is 0 Å². The standard InChI is InChI=1S/C21H18N4/c1-2-6-20(7-3-1)24-23-15-17-8-9-19-10-12-25(21(19)13-17)16-18-5-4-11-22-14-18/h1-15,24H,16H2. The molecule has 0 unspecified atom stereocenters. The van der Waals surface area contributed by atoms with E-state index in [2.05, 4.69) is 56.6 Å². The molecule has 1 N–H and O–H groups in total. The second kappa shape index (κ2) is 7.01. The average molecular weight is 326 g/mol. The Labute approximate surface area is 146 Å². The zero-order chi connectivity index (χ0) is 16.9. The lowest BCUT2D eigenvalue weighted by atomic mass is 10.2. The van der Waals surface area contributed by atoms with Gasteiger partial charge < -0.3 is 4.57 Å². The van der Waals surface area contributed by atoms with Gasteiger partial charge in [-0.05, 0) is 46.8 Å². The molecule has 0 saturated heterocycles. The van der Waals surface area contributed by atoms with Gasteiger partial charge in [-0.25, -0.2) is 0 Å². The van der Waals surface area contributed by atoms with Gasteiger partial charge in [0.05, 0.1) is 11.9 Å². The molecule has 0 fully saturated rings. The van der Waals surface area contributed by atoms with Crippen molar-refractivity contribution in [2.24, 2.45) is 5.10 Å². The van der Waals surface area contributed by atoms with Crippen LogP contribution in [0.5, 0.6) is 0 Å². The number of pyridine rings is 1. The third-order valence-electron chi connectivity index (χ3n) is 4.05. The Bertz CT molecular complexity index is 988. The van der Waals surface area contributed by atoms with Crippen molar-refractivity contribution in [3.8, 4) is 0 Å². The summed E-state index contributed by atoms with van der Waals surface area (Å²) in [6.45, 7) is 0.806. The van der Waals surface area contributed by atoms with Crippen LogP contribution < -0.4 is 5.43 Å². The van der Waals surface area contributed by atoms with Gasteiger partial charge >= 0.3 is 0 Å². The fraction of sp³-hybridized carbons (Fsp3) is 0.0476. The number of rotatable bonds is 5. The molecule has 4 rings (SSSR count). The Morgan fingerprint density at radius 1 is 1.00 bits per heavy atom. The van der Waals surface area contributed by atoms with E-state index in [0.717, 1.165) is 17.8 Å². The first-order valence-corrected chi connectivity index (χ1v) is 8.20. The molecule has 0 saturated carbocycles. The van der Waals surface area contributed by atoms with Crippen LogP contribution in [0.2, 0.25) is 0 Å². The first-order chi connectivity index (χ1) is 12.4. The van der Waals surface area contributed by atoms with Crippen LogP contribution in [-0.2, 0) is 6.54 Å². The maximum Gasteiger partial charge on any atom is 0.0561 e. The van der Waals surface area contributed by atoms with Crippen molar-refractivity contribution in [1.82, 2.24) is 9.55 Å². The molecular formula is C21H18N4. The maximum absolute atomic E-state index is 4.32. The van der Waals surface area contributed by atoms with Crippen LogP contribution in [0.25, 0.3) is 10.9 Å². The van der Waals surface area contributed by atoms with Crippen molar-refractivity contribution in [1.29, 1.82) is 0 Å². The summed E-state index contributed by atoms with van der Waals surface area (Å²) in [4.78, 5) is 4.19. The van der Waals surface area contributed by atoms with Gasteiger partial charge in [0.2, 0.25) is 0 Å². The average Bonchev–Trinajstić information content (AvgIpc) is 3.06. The van der Waals surface area contributed by atoms with E-state index in [4.69, 9.17) is 0 Å². The molecule has 0 radical (unpaired) electrons. The molecule has 0 aliphatic carbocycles. The van der Waals surface area contributed by atoms with Crippen LogP contribution in [0.3, 0.4) is 0 Å². The van der Waals surface area contributed by atoms with Crippen LogP contribution in [0.1, 0.15) is 11.1 Å². The highest BCUT2D eigenvalue weighted by atomic mass is 15.3. The molecule has 4 nitrogen and oxygen atoms in total. The summed E-state index contributed by atoms with van der Waals surface area (Å²) < 4.78 is 2.23. The van der Waals surface area contributed by atoms with E-state index in [0.29, 0.717) is 0 Å². The van der Waals surface area contributed by atoms with Crippen LogP contribution in [0.15, 0.2) is 90.4 Å². The molecule has 4 heteroatoms. The smallest absolute Gasteiger partial charge is 0.0561 e. The highest BCUT2D eigenvalue weighted by Crippen LogP contribution is 2.18. The molecule has 2 aromatic carbocycles. The molecule has 0 spiro atoms. The quantitative estimate of drug-likeness (QED) is 0.432. The molecule has 122 valence electrons. The van der Waals surface area contributed by atoms with E-state index in [1.807, 2.05) is 48.8 Å². The number of para-hydroxylation sites is 1. The summed E-state index contributed by atoms with van der Waals surface area (Å²) in [7, 11) is 0. The number of hydrogen-bond acceptors (Lipinski definition) is 3. The van der Waals surface area contributed by atoms with Crippen molar-refractivity contribution < 1.29 is 0 Å². The third kappa shape index (κ3) is 3.58. The van der Waals surface area contributed by atoms with Crippen LogP contribution in [0.4, 0.5) is 5.69 Å². The minimum absolute atomic E-state index is 0.806.